The van der Waals surface area contributed by atoms with Gasteiger partial charge in [-0.1, -0.05) is 36.4 Å². The zero-order chi connectivity index (χ0) is 20.4. The molecule has 0 aliphatic rings. The molecule has 0 aliphatic heterocycles. The molecule has 0 fully saturated rings. The number of nitrogens with one attached hydrogen (secondary N) is 1. The van der Waals surface area contributed by atoms with Crippen LogP contribution < -0.4 is 10.2 Å². The molecule has 1 atom stereocenters. The fourth-order valence-corrected chi connectivity index (χ4v) is 3.42. The molecule has 0 amide bonds. The number of phenols is 1. The number of phenolic OH excluding ortho intramolecular Hbond substituents is 1. The first-order valence-corrected chi connectivity index (χ1v) is 9.57. The molecule has 2 N–H and O–H groups in total. The molecule has 0 spiro atoms. The van der Waals surface area contributed by atoms with Gasteiger partial charge in [0.05, 0.1) is 6.04 Å². The molecule has 0 unspecified atom stereocenters. The molecule has 5 heteroatoms. The molecule has 0 radical (unpaired) electrons. The largest absolute Gasteiger partial charge is 0.505 e. The molecule has 5 nitrogen and oxygen atoms in total. The number of pyridine rings is 2. The van der Waals surface area contributed by atoms with Crippen LogP contribution in [0.25, 0.3) is 10.9 Å². The van der Waals surface area contributed by atoms with Gasteiger partial charge in [-0.2, -0.15) is 0 Å². The lowest BCUT2D eigenvalue weighted by Crippen LogP contribution is -2.14. The first kappa shape index (κ1) is 18.7. The molecule has 2 aromatic carbocycles. The maximum Gasteiger partial charge on any atom is 0.147 e. The van der Waals surface area contributed by atoms with Crippen molar-refractivity contribution in [1.82, 2.24) is 9.97 Å². The van der Waals surface area contributed by atoms with Gasteiger partial charge in [0.25, 0.3) is 0 Å². The molecular formula is C24H24N4O. The number of anilines is 2. The van der Waals surface area contributed by atoms with E-state index in [1.165, 1.54) is 0 Å². The lowest BCUT2D eigenvalue weighted by atomic mass is 9.96. The molecule has 0 aliphatic carbocycles. The molecule has 0 bridgehead atoms. The number of rotatable bonds is 5. The van der Waals surface area contributed by atoms with Gasteiger partial charge in [0.1, 0.15) is 17.1 Å². The predicted molar refractivity (Wildman–Crippen MR) is 119 cm³/mol. The Balaban J connectivity index is 1.83. The fourth-order valence-electron chi connectivity index (χ4n) is 3.42. The monoisotopic (exact) mass is 384 g/mol. The number of nitrogens with zero attached hydrogens (tertiary/aromatic N) is 3. The van der Waals surface area contributed by atoms with Gasteiger partial charge in [0.2, 0.25) is 0 Å². The van der Waals surface area contributed by atoms with E-state index in [1.54, 1.807) is 6.20 Å². The number of hydrogen-bond donors (Lipinski definition) is 2. The maximum absolute atomic E-state index is 11.1. The number of aryl methyl sites for hydroxylation is 1. The predicted octanol–water partition coefficient (Wildman–Crippen LogP) is 4.91. The summed E-state index contributed by atoms with van der Waals surface area (Å²) in [5, 5.41) is 15.5. The third kappa shape index (κ3) is 3.85. The highest BCUT2D eigenvalue weighted by atomic mass is 16.3. The van der Waals surface area contributed by atoms with Crippen LogP contribution >= 0.6 is 0 Å². The van der Waals surface area contributed by atoms with Crippen molar-refractivity contribution in [2.75, 3.05) is 24.3 Å². The summed E-state index contributed by atoms with van der Waals surface area (Å²) in [6.45, 7) is 1.93. The molecule has 29 heavy (non-hydrogen) atoms. The van der Waals surface area contributed by atoms with Crippen LogP contribution in [-0.4, -0.2) is 29.2 Å². The van der Waals surface area contributed by atoms with Crippen molar-refractivity contribution in [1.29, 1.82) is 0 Å². The number of aromatic nitrogens is 2. The highest BCUT2D eigenvalue weighted by Gasteiger charge is 2.20. The molecule has 0 saturated heterocycles. The number of hydrogen-bond acceptors (Lipinski definition) is 5. The van der Waals surface area contributed by atoms with Crippen molar-refractivity contribution in [2.24, 2.45) is 0 Å². The van der Waals surface area contributed by atoms with E-state index in [9.17, 15) is 5.11 Å². The molecule has 4 rings (SSSR count). The summed E-state index contributed by atoms with van der Waals surface area (Å²) >= 11 is 0. The Hall–Kier alpha value is -3.60. The van der Waals surface area contributed by atoms with E-state index in [0.717, 1.165) is 33.7 Å². The minimum absolute atomic E-state index is 0.191. The average molecular weight is 384 g/mol. The summed E-state index contributed by atoms with van der Waals surface area (Å²) < 4.78 is 0. The summed E-state index contributed by atoms with van der Waals surface area (Å²) in [4.78, 5) is 11.0. The van der Waals surface area contributed by atoms with E-state index in [-0.39, 0.29) is 11.8 Å². The number of fused-ring (bicyclic) bond motifs is 1. The standard InChI is InChI=1S/C24H24N4O/c1-16-7-8-18-11-14-20(24(29)23(18)26-16)22(27-21-6-4-5-15-25-21)17-9-12-19(13-10-17)28(2)3/h4-15,22,29H,1-3H3,(H,25,27)/t22-/m0/s1. The molecular weight excluding hydrogens is 360 g/mol. The Morgan fingerprint density at radius 1 is 0.931 bits per heavy atom. The van der Waals surface area contributed by atoms with Crippen molar-refractivity contribution in [3.8, 4) is 5.75 Å². The third-order valence-electron chi connectivity index (χ3n) is 5.02. The minimum Gasteiger partial charge on any atom is -0.505 e. The first-order valence-electron chi connectivity index (χ1n) is 9.57. The highest BCUT2D eigenvalue weighted by molar-refractivity contribution is 5.86. The van der Waals surface area contributed by atoms with E-state index in [1.807, 2.05) is 63.5 Å². The van der Waals surface area contributed by atoms with Crippen molar-refractivity contribution in [3.05, 3.63) is 89.7 Å². The van der Waals surface area contributed by atoms with Crippen LogP contribution in [0.3, 0.4) is 0 Å². The van der Waals surface area contributed by atoms with E-state index in [2.05, 4.69) is 44.5 Å². The van der Waals surface area contributed by atoms with Gasteiger partial charge >= 0.3 is 0 Å². The van der Waals surface area contributed by atoms with Gasteiger partial charge in [0.15, 0.2) is 0 Å². The van der Waals surface area contributed by atoms with Crippen molar-refractivity contribution < 1.29 is 5.11 Å². The summed E-state index contributed by atoms with van der Waals surface area (Å²) in [7, 11) is 4.03. The van der Waals surface area contributed by atoms with Gasteiger partial charge < -0.3 is 15.3 Å². The van der Waals surface area contributed by atoms with Crippen LogP contribution in [0.5, 0.6) is 5.75 Å². The van der Waals surface area contributed by atoms with E-state index < -0.39 is 0 Å². The first-order chi connectivity index (χ1) is 14.0. The summed E-state index contributed by atoms with van der Waals surface area (Å²) in [6, 6.07) is 21.6. The van der Waals surface area contributed by atoms with E-state index >= 15 is 0 Å². The lowest BCUT2D eigenvalue weighted by Gasteiger charge is -2.23. The van der Waals surface area contributed by atoms with Crippen molar-refractivity contribution in [3.63, 3.8) is 0 Å². The van der Waals surface area contributed by atoms with Crippen LogP contribution in [0, 0.1) is 6.92 Å². The van der Waals surface area contributed by atoms with Crippen LogP contribution in [0.1, 0.15) is 22.9 Å². The second kappa shape index (κ2) is 7.80. The van der Waals surface area contributed by atoms with Gasteiger partial charge in [0, 0.05) is 42.6 Å². The molecule has 4 aromatic rings. The Bertz CT molecular complexity index is 1120. The Labute approximate surface area is 170 Å². The van der Waals surface area contributed by atoms with Gasteiger partial charge in [-0.05, 0) is 42.8 Å². The van der Waals surface area contributed by atoms with Crippen molar-refractivity contribution in [2.45, 2.75) is 13.0 Å². The van der Waals surface area contributed by atoms with Crippen LogP contribution in [-0.2, 0) is 0 Å². The number of aromatic hydroxyl groups is 1. The molecule has 0 saturated carbocycles. The van der Waals surface area contributed by atoms with E-state index in [0.29, 0.717) is 5.52 Å². The van der Waals surface area contributed by atoms with Gasteiger partial charge in [-0.3, -0.25) is 0 Å². The normalized spacial score (nSPS) is 12.0. The Morgan fingerprint density at radius 2 is 1.69 bits per heavy atom. The van der Waals surface area contributed by atoms with E-state index in [4.69, 9.17) is 0 Å². The maximum atomic E-state index is 11.1. The minimum atomic E-state index is -0.271. The lowest BCUT2D eigenvalue weighted by molar-refractivity contribution is 0.471. The quantitative estimate of drug-likeness (QED) is 0.512. The third-order valence-corrected chi connectivity index (χ3v) is 5.02. The highest BCUT2D eigenvalue weighted by Crippen LogP contribution is 2.36. The Kier molecular flexibility index (Phi) is 5.04. The topological polar surface area (TPSA) is 61.3 Å². The van der Waals surface area contributed by atoms with Crippen LogP contribution in [0.15, 0.2) is 72.9 Å². The SMILES string of the molecule is Cc1ccc2ccc([C@@H](Nc3ccccn3)c3ccc(N(C)C)cc3)c(O)c2n1. The summed E-state index contributed by atoms with van der Waals surface area (Å²) in [5.41, 5.74) is 4.39. The summed E-state index contributed by atoms with van der Waals surface area (Å²) in [6.07, 6.45) is 1.75. The van der Waals surface area contributed by atoms with Gasteiger partial charge in [-0.25, -0.2) is 9.97 Å². The Morgan fingerprint density at radius 3 is 2.38 bits per heavy atom. The smallest absolute Gasteiger partial charge is 0.147 e. The molecule has 2 aromatic heterocycles. The van der Waals surface area contributed by atoms with Crippen LogP contribution in [0.2, 0.25) is 0 Å². The average Bonchev–Trinajstić information content (AvgIpc) is 2.74. The summed E-state index contributed by atoms with van der Waals surface area (Å²) in [5.74, 6) is 0.933. The molecule has 2 heterocycles. The zero-order valence-electron chi connectivity index (χ0n) is 16.8. The second-order valence-corrected chi connectivity index (χ2v) is 7.31. The fraction of sp³-hybridized carbons (Fsp3) is 0.167. The molecule has 146 valence electrons. The van der Waals surface area contributed by atoms with Gasteiger partial charge in [-0.15, -0.1) is 0 Å². The van der Waals surface area contributed by atoms with Crippen LogP contribution in [0.4, 0.5) is 11.5 Å². The zero-order valence-corrected chi connectivity index (χ0v) is 16.8. The number of benzene rings is 2. The van der Waals surface area contributed by atoms with Crippen molar-refractivity contribution >= 4 is 22.4 Å². The second-order valence-electron chi connectivity index (χ2n) is 7.31.